The summed E-state index contributed by atoms with van der Waals surface area (Å²) in [6, 6.07) is 15.1. The number of nitriles is 1. The van der Waals surface area contributed by atoms with Crippen LogP contribution in [0.1, 0.15) is 38.2 Å². The SMILES string of the molecule is CC1(C)CC(=O)C2=C(C1)N(c1cccc(Cl)c1)C(N)=C(C#N)[C@H]2c1ccc2c(c1)OCO2. The lowest BCUT2D eigenvalue weighted by Gasteiger charge is -2.43. The van der Waals surface area contributed by atoms with Crippen molar-refractivity contribution in [2.75, 3.05) is 11.7 Å². The third-order valence-corrected chi connectivity index (χ3v) is 6.41. The van der Waals surface area contributed by atoms with Gasteiger partial charge in [0.2, 0.25) is 6.79 Å². The summed E-state index contributed by atoms with van der Waals surface area (Å²) in [5.74, 6) is 1.00. The molecule has 0 bridgehead atoms. The fraction of sp³-hybridized carbons (Fsp3) is 0.280. The highest BCUT2D eigenvalue weighted by molar-refractivity contribution is 6.30. The average Bonchev–Trinajstić information content (AvgIpc) is 3.20. The molecule has 6 nitrogen and oxygen atoms in total. The normalized spacial score (nSPS) is 21.5. The minimum atomic E-state index is -0.566. The smallest absolute Gasteiger partial charge is 0.231 e. The average molecular weight is 448 g/mol. The molecule has 32 heavy (non-hydrogen) atoms. The molecule has 2 heterocycles. The minimum Gasteiger partial charge on any atom is -0.454 e. The highest BCUT2D eigenvalue weighted by atomic mass is 35.5. The van der Waals surface area contributed by atoms with Gasteiger partial charge in [0.25, 0.3) is 0 Å². The number of rotatable bonds is 2. The number of ketones is 1. The summed E-state index contributed by atoms with van der Waals surface area (Å²) < 4.78 is 11.0. The topological polar surface area (TPSA) is 88.6 Å². The molecule has 2 N–H and O–H groups in total. The zero-order valence-corrected chi connectivity index (χ0v) is 18.6. The number of nitrogens with zero attached hydrogens (tertiary/aromatic N) is 2. The first-order valence-corrected chi connectivity index (χ1v) is 10.8. The molecule has 5 rings (SSSR count). The van der Waals surface area contributed by atoms with E-state index in [2.05, 4.69) is 19.9 Å². The fourth-order valence-corrected chi connectivity index (χ4v) is 5.03. The van der Waals surface area contributed by atoms with Gasteiger partial charge in [-0.25, -0.2) is 0 Å². The second-order valence-electron chi connectivity index (χ2n) is 9.07. The van der Waals surface area contributed by atoms with Gasteiger partial charge < -0.3 is 15.2 Å². The van der Waals surface area contributed by atoms with Gasteiger partial charge in [0.15, 0.2) is 17.3 Å². The number of halogens is 1. The van der Waals surface area contributed by atoms with Gasteiger partial charge in [-0.3, -0.25) is 9.69 Å². The number of carbonyl (C=O) groups is 1. The summed E-state index contributed by atoms with van der Waals surface area (Å²) in [6.07, 6.45) is 1.04. The Hall–Kier alpha value is -3.43. The van der Waals surface area contributed by atoms with E-state index in [0.717, 1.165) is 16.9 Å². The number of carbonyl (C=O) groups excluding carboxylic acids is 1. The number of allylic oxidation sites excluding steroid dienone is 3. The predicted molar refractivity (Wildman–Crippen MR) is 121 cm³/mol. The van der Waals surface area contributed by atoms with Crippen LogP contribution in [0.25, 0.3) is 0 Å². The molecule has 7 heteroatoms. The van der Waals surface area contributed by atoms with Crippen LogP contribution in [-0.4, -0.2) is 12.6 Å². The molecule has 2 aromatic rings. The van der Waals surface area contributed by atoms with Gasteiger partial charge in [-0.15, -0.1) is 0 Å². The molecule has 0 aromatic heterocycles. The highest BCUT2D eigenvalue weighted by Crippen LogP contribution is 2.51. The summed E-state index contributed by atoms with van der Waals surface area (Å²) in [7, 11) is 0. The minimum absolute atomic E-state index is 0.0196. The molecule has 0 unspecified atom stereocenters. The molecule has 0 radical (unpaired) electrons. The van der Waals surface area contributed by atoms with E-state index >= 15 is 0 Å². The number of benzene rings is 2. The molecule has 0 saturated carbocycles. The van der Waals surface area contributed by atoms with Crippen molar-refractivity contribution in [1.29, 1.82) is 5.26 Å². The fourth-order valence-electron chi connectivity index (χ4n) is 4.84. The lowest BCUT2D eigenvalue weighted by atomic mass is 9.68. The van der Waals surface area contributed by atoms with Crippen LogP contribution in [0.3, 0.4) is 0 Å². The third-order valence-electron chi connectivity index (χ3n) is 6.18. The third kappa shape index (κ3) is 3.21. The first kappa shape index (κ1) is 20.5. The quantitative estimate of drug-likeness (QED) is 0.696. The van der Waals surface area contributed by atoms with E-state index in [0.29, 0.717) is 46.3 Å². The molecule has 0 spiro atoms. The van der Waals surface area contributed by atoms with Gasteiger partial charge >= 0.3 is 0 Å². The van der Waals surface area contributed by atoms with Crippen molar-refractivity contribution in [3.8, 4) is 17.6 Å². The van der Waals surface area contributed by atoms with E-state index in [1.807, 2.05) is 35.2 Å². The maximum Gasteiger partial charge on any atom is 0.231 e. The van der Waals surface area contributed by atoms with Gasteiger partial charge in [0, 0.05) is 28.4 Å². The van der Waals surface area contributed by atoms with E-state index in [1.54, 1.807) is 12.1 Å². The van der Waals surface area contributed by atoms with Crippen molar-refractivity contribution in [3.63, 3.8) is 0 Å². The number of hydrogen-bond donors (Lipinski definition) is 1. The van der Waals surface area contributed by atoms with E-state index in [4.69, 9.17) is 26.8 Å². The maximum absolute atomic E-state index is 13.5. The molecule has 0 saturated heterocycles. The van der Waals surface area contributed by atoms with Gasteiger partial charge in [-0.05, 0) is 47.7 Å². The molecule has 1 atom stereocenters. The molecular formula is C25H22ClN3O3. The van der Waals surface area contributed by atoms with Crippen LogP contribution >= 0.6 is 11.6 Å². The Morgan fingerprint density at radius 3 is 2.69 bits per heavy atom. The van der Waals surface area contributed by atoms with Crippen molar-refractivity contribution in [3.05, 3.63) is 75.7 Å². The standard InChI is InChI=1S/C25H22ClN3O3/c1-25(2)10-18-23(19(30)11-25)22(14-6-7-20-21(8-14)32-13-31-20)17(12-27)24(28)29(18)16-5-3-4-15(26)9-16/h3-9,22H,10-11,13,28H2,1-2H3/t22-/m1/s1. The number of nitrogens with two attached hydrogens (primary N) is 1. The molecule has 0 fully saturated rings. The van der Waals surface area contributed by atoms with Crippen molar-refractivity contribution in [1.82, 2.24) is 0 Å². The highest BCUT2D eigenvalue weighted by Gasteiger charge is 2.45. The molecule has 2 aromatic carbocycles. The zero-order chi connectivity index (χ0) is 22.6. The largest absolute Gasteiger partial charge is 0.454 e. The number of ether oxygens (including phenoxy) is 2. The monoisotopic (exact) mass is 447 g/mol. The summed E-state index contributed by atoms with van der Waals surface area (Å²) in [4.78, 5) is 15.4. The predicted octanol–water partition coefficient (Wildman–Crippen LogP) is 5.01. The second-order valence-corrected chi connectivity index (χ2v) is 9.51. The Labute approximate surface area is 191 Å². The number of anilines is 1. The maximum atomic E-state index is 13.5. The summed E-state index contributed by atoms with van der Waals surface area (Å²) in [6.45, 7) is 4.29. The lowest BCUT2D eigenvalue weighted by molar-refractivity contribution is -0.118. The molecule has 162 valence electrons. The summed E-state index contributed by atoms with van der Waals surface area (Å²) in [5.41, 5.74) is 9.65. The number of hydrogen-bond acceptors (Lipinski definition) is 6. The van der Waals surface area contributed by atoms with E-state index < -0.39 is 5.92 Å². The zero-order valence-electron chi connectivity index (χ0n) is 17.8. The van der Waals surface area contributed by atoms with E-state index in [9.17, 15) is 10.1 Å². The molecular weight excluding hydrogens is 426 g/mol. The van der Waals surface area contributed by atoms with Crippen LogP contribution in [0.15, 0.2) is 65.1 Å². The molecule has 2 aliphatic heterocycles. The summed E-state index contributed by atoms with van der Waals surface area (Å²) >= 11 is 6.26. The number of Topliss-reactive ketones (excluding diaryl/α,β-unsaturated/α-hetero) is 1. The van der Waals surface area contributed by atoms with E-state index in [-0.39, 0.29) is 18.0 Å². The van der Waals surface area contributed by atoms with Crippen LogP contribution in [0.2, 0.25) is 5.02 Å². The Kier molecular flexibility index (Phi) is 4.68. The van der Waals surface area contributed by atoms with Crippen molar-refractivity contribution in [2.24, 2.45) is 11.1 Å². The Bertz CT molecular complexity index is 1260. The van der Waals surface area contributed by atoms with Crippen molar-refractivity contribution < 1.29 is 14.3 Å². The first-order valence-electron chi connectivity index (χ1n) is 10.4. The molecule has 1 aliphatic carbocycles. The van der Waals surface area contributed by atoms with Gasteiger partial charge in [-0.2, -0.15) is 5.26 Å². The van der Waals surface area contributed by atoms with Crippen molar-refractivity contribution >= 4 is 23.1 Å². The van der Waals surface area contributed by atoms with Crippen LogP contribution in [0.5, 0.6) is 11.5 Å². The Balaban J connectivity index is 1.75. The van der Waals surface area contributed by atoms with Crippen LogP contribution in [0.4, 0.5) is 5.69 Å². The van der Waals surface area contributed by atoms with Gasteiger partial charge in [-0.1, -0.05) is 37.6 Å². The Morgan fingerprint density at radius 1 is 1.16 bits per heavy atom. The first-order chi connectivity index (χ1) is 15.3. The van der Waals surface area contributed by atoms with Crippen LogP contribution < -0.4 is 20.1 Å². The second kappa shape index (κ2) is 7.32. The van der Waals surface area contributed by atoms with E-state index in [1.165, 1.54) is 0 Å². The van der Waals surface area contributed by atoms with Crippen LogP contribution in [-0.2, 0) is 4.79 Å². The van der Waals surface area contributed by atoms with Crippen molar-refractivity contribution in [2.45, 2.75) is 32.6 Å². The van der Waals surface area contributed by atoms with Gasteiger partial charge in [0.1, 0.15) is 5.82 Å². The van der Waals surface area contributed by atoms with Crippen LogP contribution in [0, 0.1) is 16.7 Å². The summed E-state index contributed by atoms with van der Waals surface area (Å²) in [5, 5.41) is 10.7. The molecule has 3 aliphatic rings. The lowest BCUT2D eigenvalue weighted by Crippen LogP contribution is -2.42. The molecule has 0 amide bonds. The Morgan fingerprint density at radius 2 is 1.94 bits per heavy atom. The number of fused-ring (bicyclic) bond motifs is 1. The van der Waals surface area contributed by atoms with Gasteiger partial charge in [0.05, 0.1) is 17.6 Å².